The molecule has 0 saturated carbocycles. The molecule has 2 aromatic carbocycles. The molecule has 0 aliphatic rings. The average molecular weight is 525 g/mol. The Morgan fingerprint density at radius 3 is 2.65 bits per heavy atom. The van der Waals surface area contributed by atoms with Crippen molar-refractivity contribution in [3.63, 3.8) is 0 Å². The van der Waals surface area contributed by atoms with E-state index in [2.05, 4.69) is 20.9 Å². The van der Waals surface area contributed by atoms with Gasteiger partial charge in [-0.05, 0) is 50.6 Å². The van der Waals surface area contributed by atoms with E-state index in [9.17, 15) is 13.2 Å². The highest BCUT2D eigenvalue weighted by Gasteiger charge is 2.15. The maximum atomic E-state index is 12.5. The molecular weight excluding hydrogens is 500 g/mol. The molecule has 0 saturated heterocycles. The van der Waals surface area contributed by atoms with Crippen LogP contribution in [0.4, 0.5) is 0 Å². The second kappa shape index (κ2) is 10.7. The number of amides is 1. The van der Waals surface area contributed by atoms with Crippen molar-refractivity contribution in [2.24, 2.45) is 4.99 Å². The van der Waals surface area contributed by atoms with Crippen LogP contribution in [-0.4, -0.2) is 37.9 Å². The smallest absolute Gasteiger partial charge is 0.248 e. The Morgan fingerprint density at radius 2 is 1.94 bits per heavy atom. The fourth-order valence-corrected chi connectivity index (χ4v) is 6.02. The van der Waals surface area contributed by atoms with Gasteiger partial charge in [0.2, 0.25) is 5.91 Å². The number of aryl methyl sites for hydroxylation is 1. The van der Waals surface area contributed by atoms with Crippen LogP contribution in [0.2, 0.25) is 0 Å². The van der Waals surface area contributed by atoms with E-state index in [-0.39, 0.29) is 29.4 Å². The summed E-state index contributed by atoms with van der Waals surface area (Å²) in [5, 5.41) is 0. The molecule has 0 unspecified atom stereocenters. The number of nitrogens with zero attached hydrogens (tertiary/aromatic N) is 2. The third-order valence-corrected chi connectivity index (χ3v) is 8.06. The van der Waals surface area contributed by atoms with Crippen molar-refractivity contribution in [2.75, 3.05) is 19.0 Å². The van der Waals surface area contributed by atoms with Gasteiger partial charge < -0.3 is 9.30 Å². The number of carbonyl (C=O) groups is 1. The highest BCUT2D eigenvalue weighted by Crippen LogP contribution is 2.22. The Kier molecular flexibility index (Phi) is 8.21. The summed E-state index contributed by atoms with van der Waals surface area (Å²) in [5.74, 6) is -0.406. The van der Waals surface area contributed by atoms with Crippen LogP contribution in [0.1, 0.15) is 25.3 Å². The Hall–Kier alpha value is -1.81. The molecule has 1 aromatic heterocycles. The lowest BCUT2D eigenvalue weighted by Gasteiger charge is -2.06. The second-order valence-corrected chi connectivity index (χ2v) is 11.1. The quantitative estimate of drug-likeness (QED) is 0.386. The number of halogens is 1. The number of fused-ring (bicyclic) bond motifs is 1. The predicted molar refractivity (Wildman–Crippen MR) is 127 cm³/mol. The maximum absolute atomic E-state index is 12.5. The lowest BCUT2D eigenvalue weighted by atomic mass is 10.2. The molecule has 0 aliphatic heterocycles. The first kappa shape index (κ1) is 23.8. The normalized spacial score (nSPS) is 12.5. The molecule has 3 aromatic rings. The molecule has 0 spiro atoms. The minimum Gasteiger partial charge on any atom is -0.380 e. The Balaban J connectivity index is 1.74. The Morgan fingerprint density at radius 1 is 1.19 bits per heavy atom. The minimum absolute atomic E-state index is 0.0779. The van der Waals surface area contributed by atoms with Crippen LogP contribution in [0.5, 0.6) is 0 Å². The summed E-state index contributed by atoms with van der Waals surface area (Å²) < 4.78 is 34.4. The van der Waals surface area contributed by atoms with Gasteiger partial charge in [0.05, 0.1) is 27.5 Å². The van der Waals surface area contributed by atoms with Crippen molar-refractivity contribution in [3.05, 3.63) is 57.3 Å². The molecule has 0 aliphatic carbocycles. The fourth-order valence-electron chi connectivity index (χ4n) is 3.09. The van der Waals surface area contributed by atoms with Gasteiger partial charge in [-0.3, -0.25) is 4.79 Å². The van der Waals surface area contributed by atoms with Crippen LogP contribution in [0.15, 0.2) is 56.8 Å². The monoisotopic (exact) mass is 524 g/mol. The number of ether oxygens (including phenoxy) is 1. The summed E-state index contributed by atoms with van der Waals surface area (Å²) in [6.07, 6.45) is 0.308. The van der Waals surface area contributed by atoms with E-state index in [1.54, 1.807) is 24.3 Å². The van der Waals surface area contributed by atoms with Crippen molar-refractivity contribution in [3.8, 4) is 0 Å². The molecule has 166 valence electrons. The molecule has 1 heterocycles. The third kappa shape index (κ3) is 6.35. The van der Waals surface area contributed by atoms with Gasteiger partial charge in [-0.2, -0.15) is 4.99 Å². The van der Waals surface area contributed by atoms with E-state index in [0.717, 1.165) is 20.3 Å². The number of rotatable bonds is 9. The molecule has 31 heavy (non-hydrogen) atoms. The average Bonchev–Trinajstić information content (AvgIpc) is 3.04. The molecule has 9 heteroatoms. The summed E-state index contributed by atoms with van der Waals surface area (Å²) in [6, 6.07) is 12.7. The molecule has 0 bridgehead atoms. The summed E-state index contributed by atoms with van der Waals surface area (Å²) in [7, 11) is -3.41. The predicted octanol–water partition coefficient (Wildman–Crippen LogP) is 4.49. The van der Waals surface area contributed by atoms with Crippen LogP contribution < -0.4 is 4.80 Å². The highest BCUT2D eigenvalue weighted by molar-refractivity contribution is 9.10. The van der Waals surface area contributed by atoms with Crippen LogP contribution in [0, 0.1) is 6.92 Å². The summed E-state index contributed by atoms with van der Waals surface area (Å²) in [5.41, 5.74) is 1.99. The number of thiazole rings is 1. The number of carbonyl (C=O) groups excluding carboxylic acids is 1. The van der Waals surface area contributed by atoms with E-state index in [4.69, 9.17) is 4.74 Å². The summed E-state index contributed by atoms with van der Waals surface area (Å²) >= 11 is 4.91. The van der Waals surface area contributed by atoms with Gasteiger partial charge in [0.1, 0.15) is 0 Å². The van der Waals surface area contributed by atoms with Gasteiger partial charge in [0.15, 0.2) is 14.6 Å². The first-order valence-corrected chi connectivity index (χ1v) is 13.3. The van der Waals surface area contributed by atoms with E-state index >= 15 is 0 Å². The van der Waals surface area contributed by atoms with Gasteiger partial charge in [-0.25, -0.2) is 8.42 Å². The van der Waals surface area contributed by atoms with Gasteiger partial charge in [0.25, 0.3) is 0 Å². The number of hydrogen-bond acceptors (Lipinski definition) is 5. The van der Waals surface area contributed by atoms with E-state index < -0.39 is 9.84 Å². The largest absolute Gasteiger partial charge is 0.380 e. The molecule has 3 rings (SSSR count). The molecule has 0 fully saturated rings. The standard InChI is InChI=1S/C22H25BrN2O4S2/c1-3-29-13-12-25-19-11-8-17(23)15-20(19)30-22(25)24-21(26)5-4-14-31(27,28)18-9-6-16(2)7-10-18/h6-11,15H,3-5,12-14H2,1-2H3. The SMILES string of the molecule is CCOCCn1c(=NC(=O)CCCS(=O)(=O)c2ccc(C)cc2)sc2cc(Br)ccc21. The number of sulfone groups is 1. The van der Waals surface area contributed by atoms with Crippen molar-refractivity contribution in [1.29, 1.82) is 0 Å². The van der Waals surface area contributed by atoms with Crippen molar-refractivity contribution in [2.45, 2.75) is 38.1 Å². The topological polar surface area (TPSA) is 77.7 Å². The van der Waals surface area contributed by atoms with Crippen LogP contribution in [0.25, 0.3) is 10.2 Å². The maximum Gasteiger partial charge on any atom is 0.248 e. The van der Waals surface area contributed by atoms with Crippen LogP contribution in [-0.2, 0) is 25.9 Å². The van der Waals surface area contributed by atoms with Crippen molar-refractivity contribution >= 4 is 53.2 Å². The van der Waals surface area contributed by atoms with E-state index in [0.29, 0.717) is 24.6 Å². The second-order valence-electron chi connectivity index (χ2n) is 7.09. The Bertz CT molecular complexity index is 1230. The molecule has 6 nitrogen and oxygen atoms in total. The molecule has 0 atom stereocenters. The van der Waals surface area contributed by atoms with Crippen molar-refractivity contribution < 1.29 is 17.9 Å². The van der Waals surface area contributed by atoms with Crippen LogP contribution in [0.3, 0.4) is 0 Å². The zero-order chi connectivity index (χ0) is 22.4. The molecule has 0 radical (unpaired) electrons. The molecular formula is C22H25BrN2O4S2. The van der Waals surface area contributed by atoms with E-state index in [1.807, 2.05) is 36.6 Å². The van der Waals surface area contributed by atoms with Crippen LogP contribution >= 0.6 is 27.3 Å². The van der Waals surface area contributed by atoms with Crippen molar-refractivity contribution in [1.82, 2.24) is 4.57 Å². The highest BCUT2D eigenvalue weighted by atomic mass is 79.9. The Labute approximate surface area is 194 Å². The summed E-state index contributed by atoms with van der Waals surface area (Å²) in [6.45, 7) is 5.57. The van der Waals surface area contributed by atoms with E-state index in [1.165, 1.54) is 11.3 Å². The zero-order valence-electron chi connectivity index (χ0n) is 17.5. The van der Waals surface area contributed by atoms with Gasteiger partial charge in [-0.1, -0.05) is 45.0 Å². The molecule has 1 amide bonds. The first-order chi connectivity index (χ1) is 14.8. The fraction of sp³-hybridized carbons (Fsp3) is 0.364. The lowest BCUT2D eigenvalue weighted by molar-refractivity contribution is -0.118. The molecule has 0 N–H and O–H groups in total. The number of benzene rings is 2. The van der Waals surface area contributed by atoms with Gasteiger partial charge in [-0.15, -0.1) is 0 Å². The third-order valence-electron chi connectivity index (χ3n) is 4.71. The van der Waals surface area contributed by atoms with Gasteiger partial charge >= 0.3 is 0 Å². The lowest BCUT2D eigenvalue weighted by Crippen LogP contribution is -2.20. The summed E-state index contributed by atoms with van der Waals surface area (Å²) in [4.78, 5) is 17.7. The minimum atomic E-state index is -3.41. The van der Waals surface area contributed by atoms with Gasteiger partial charge in [0, 0.05) is 24.0 Å². The first-order valence-electron chi connectivity index (χ1n) is 10.0. The number of hydrogen-bond donors (Lipinski definition) is 0. The zero-order valence-corrected chi connectivity index (χ0v) is 20.7. The number of aromatic nitrogens is 1.